The van der Waals surface area contributed by atoms with Gasteiger partial charge >= 0.3 is 5.97 Å². The van der Waals surface area contributed by atoms with E-state index in [1.807, 2.05) is 11.3 Å². The zero-order chi connectivity index (χ0) is 27.6. The first kappa shape index (κ1) is 27.6. The normalized spacial score (nSPS) is 23.4. The average Bonchev–Trinajstić information content (AvgIpc) is 3.54. The van der Waals surface area contributed by atoms with Crippen molar-refractivity contribution in [2.24, 2.45) is 11.8 Å². The first-order valence-corrected chi connectivity index (χ1v) is 16.1. The van der Waals surface area contributed by atoms with Gasteiger partial charge in [-0.05, 0) is 69.0 Å². The van der Waals surface area contributed by atoms with E-state index in [4.69, 9.17) is 4.98 Å². The van der Waals surface area contributed by atoms with Crippen molar-refractivity contribution in [1.29, 1.82) is 0 Å². The minimum Gasteiger partial charge on any atom is -0.480 e. The lowest BCUT2D eigenvalue weighted by Crippen LogP contribution is -2.41. The largest absolute Gasteiger partial charge is 0.480 e. The molecular formula is C34H43N3O2S. The Morgan fingerprint density at radius 3 is 2.50 bits per heavy atom. The number of nitrogens with zero attached hydrogens (tertiary/aromatic N) is 3. The minimum atomic E-state index is -0.637. The maximum atomic E-state index is 12.3. The highest BCUT2D eigenvalue weighted by molar-refractivity contribution is 7.15. The zero-order valence-electron chi connectivity index (χ0n) is 24.0. The van der Waals surface area contributed by atoms with E-state index in [0.717, 1.165) is 50.6 Å². The van der Waals surface area contributed by atoms with Crippen LogP contribution >= 0.6 is 11.3 Å². The van der Waals surface area contributed by atoms with Crippen LogP contribution < -0.4 is 0 Å². The maximum absolute atomic E-state index is 12.3. The molecule has 0 radical (unpaired) electrons. The second kappa shape index (κ2) is 12.1. The van der Waals surface area contributed by atoms with Gasteiger partial charge in [-0.2, -0.15) is 0 Å². The van der Waals surface area contributed by atoms with Gasteiger partial charge in [-0.25, -0.2) is 4.98 Å². The molecule has 1 aliphatic carbocycles. The molecule has 0 bridgehead atoms. The number of carboxylic acid groups (broad SMARTS) is 1. The van der Waals surface area contributed by atoms with E-state index in [0.29, 0.717) is 23.7 Å². The summed E-state index contributed by atoms with van der Waals surface area (Å²) >= 11 is 1.90. The van der Waals surface area contributed by atoms with Crippen LogP contribution in [0.15, 0.2) is 54.6 Å². The third-order valence-electron chi connectivity index (χ3n) is 9.45. The first-order valence-electron chi connectivity index (χ1n) is 15.3. The Morgan fingerprint density at radius 1 is 1.05 bits per heavy atom. The van der Waals surface area contributed by atoms with E-state index >= 15 is 0 Å². The van der Waals surface area contributed by atoms with Gasteiger partial charge in [0.05, 0.1) is 5.69 Å². The molecule has 3 aromatic rings. The van der Waals surface area contributed by atoms with Crippen LogP contribution in [-0.2, 0) is 11.2 Å². The van der Waals surface area contributed by atoms with Gasteiger partial charge in [0.25, 0.3) is 0 Å². The monoisotopic (exact) mass is 557 g/mol. The number of hydrogen-bond donors (Lipinski definition) is 1. The van der Waals surface area contributed by atoms with Gasteiger partial charge in [0.1, 0.15) is 11.0 Å². The summed E-state index contributed by atoms with van der Waals surface area (Å²) in [6, 6.07) is 19.2. The second-order valence-electron chi connectivity index (χ2n) is 12.4. The number of likely N-dealkylation sites (tertiary alicyclic amines) is 2. The summed E-state index contributed by atoms with van der Waals surface area (Å²) in [5.74, 6) is 1.41. The van der Waals surface area contributed by atoms with Gasteiger partial charge in [0.2, 0.25) is 0 Å². The summed E-state index contributed by atoms with van der Waals surface area (Å²) in [4.78, 5) is 23.8. The van der Waals surface area contributed by atoms with E-state index < -0.39 is 5.97 Å². The van der Waals surface area contributed by atoms with Crippen LogP contribution in [0.25, 0.3) is 10.6 Å². The Morgan fingerprint density at radius 2 is 1.82 bits per heavy atom. The fraction of sp³-hybridized carbons (Fsp3) is 0.529. The predicted molar refractivity (Wildman–Crippen MR) is 163 cm³/mol. The molecular weight excluding hydrogens is 514 g/mol. The highest BCUT2D eigenvalue weighted by Crippen LogP contribution is 2.41. The maximum Gasteiger partial charge on any atom is 0.320 e. The van der Waals surface area contributed by atoms with Gasteiger partial charge in [-0.15, -0.1) is 11.3 Å². The molecule has 3 unspecified atom stereocenters. The lowest BCUT2D eigenvalue weighted by atomic mass is 9.86. The van der Waals surface area contributed by atoms with Gasteiger partial charge < -0.3 is 10.0 Å². The molecule has 40 heavy (non-hydrogen) atoms. The molecule has 3 fully saturated rings. The molecule has 212 valence electrons. The number of rotatable bonds is 10. The SMILES string of the molecule is CCc1nc(-c2ccccc2)sc1C1CCN(CC2CN(C(CC3CC3)C(=O)O)CC2c2cccc(C)c2)CC1. The summed E-state index contributed by atoms with van der Waals surface area (Å²) in [6.45, 7) is 9.40. The average molecular weight is 558 g/mol. The van der Waals surface area contributed by atoms with Gasteiger partial charge in [-0.3, -0.25) is 9.69 Å². The number of hydrogen-bond acceptors (Lipinski definition) is 5. The van der Waals surface area contributed by atoms with Crippen LogP contribution in [-0.4, -0.2) is 64.6 Å². The van der Waals surface area contributed by atoms with Crippen LogP contribution in [0.5, 0.6) is 0 Å². The third-order valence-corrected chi connectivity index (χ3v) is 10.8. The molecule has 2 saturated heterocycles. The minimum absolute atomic E-state index is 0.340. The van der Waals surface area contributed by atoms with Crippen molar-refractivity contribution >= 4 is 17.3 Å². The number of aliphatic carboxylic acids is 1. The first-order chi connectivity index (χ1) is 19.5. The van der Waals surface area contributed by atoms with E-state index in [1.165, 1.54) is 52.9 Å². The van der Waals surface area contributed by atoms with Crippen molar-refractivity contribution in [3.8, 4) is 10.6 Å². The van der Waals surface area contributed by atoms with E-state index in [1.54, 1.807) is 0 Å². The van der Waals surface area contributed by atoms with Crippen LogP contribution in [0.4, 0.5) is 0 Å². The van der Waals surface area contributed by atoms with Crippen molar-refractivity contribution in [3.05, 3.63) is 76.3 Å². The Balaban J connectivity index is 1.14. The zero-order valence-corrected chi connectivity index (χ0v) is 24.8. The van der Waals surface area contributed by atoms with E-state index in [9.17, 15) is 9.90 Å². The molecule has 2 aromatic carbocycles. The fourth-order valence-corrected chi connectivity index (χ4v) is 8.38. The van der Waals surface area contributed by atoms with Gasteiger partial charge in [0, 0.05) is 36.0 Å². The number of aromatic nitrogens is 1. The smallest absolute Gasteiger partial charge is 0.320 e. The lowest BCUT2D eigenvalue weighted by Gasteiger charge is -2.34. The molecule has 3 atom stereocenters. The van der Waals surface area contributed by atoms with Crippen molar-refractivity contribution in [3.63, 3.8) is 0 Å². The predicted octanol–water partition coefficient (Wildman–Crippen LogP) is 6.83. The summed E-state index contributed by atoms with van der Waals surface area (Å²) in [5.41, 5.74) is 5.17. The molecule has 0 amide bonds. The van der Waals surface area contributed by atoms with E-state index in [-0.39, 0.29) is 6.04 Å². The summed E-state index contributed by atoms with van der Waals surface area (Å²) in [5, 5.41) is 11.3. The van der Waals surface area contributed by atoms with Crippen LogP contribution in [0.2, 0.25) is 0 Å². The third kappa shape index (κ3) is 6.19. The Hall–Kier alpha value is -2.54. The van der Waals surface area contributed by atoms with Crippen molar-refractivity contribution in [2.45, 2.75) is 70.3 Å². The molecule has 2 aliphatic heterocycles. The summed E-state index contributed by atoms with van der Waals surface area (Å²) in [7, 11) is 0. The van der Waals surface area contributed by atoms with Crippen molar-refractivity contribution in [2.75, 3.05) is 32.7 Å². The molecule has 0 spiro atoms. The topological polar surface area (TPSA) is 56.7 Å². The molecule has 3 heterocycles. The highest BCUT2D eigenvalue weighted by atomic mass is 32.1. The Labute approximate surface area is 243 Å². The van der Waals surface area contributed by atoms with E-state index in [2.05, 4.69) is 78.2 Å². The molecule has 6 rings (SSSR count). The number of carboxylic acids is 1. The number of carbonyl (C=O) groups is 1. The summed E-state index contributed by atoms with van der Waals surface area (Å²) < 4.78 is 0. The lowest BCUT2D eigenvalue weighted by molar-refractivity contribution is -0.143. The van der Waals surface area contributed by atoms with Crippen LogP contribution in [0, 0.1) is 18.8 Å². The number of aryl methyl sites for hydroxylation is 2. The molecule has 1 N–H and O–H groups in total. The molecule has 1 aromatic heterocycles. The number of benzene rings is 2. The highest BCUT2D eigenvalue weighted by Gasteiger charge is 2.42. The summed E-state index contributed by atoms with van der Waals surface area (Å²) in [6.07, 6.45) is 6.55. The molecule has 5 nitrogen and oxygen atoms in total. The van der Waals surface area contributed by atoms with Gasteiger partial charge in [-0.1, -0.05) is 79.9 Å². The number of piperidine rings is 1. The Bertz CT molecular complexity index is 1300. The second-order valence-corrected chi connectivity index (χ2v) is 13.4. The fourth-order valence-electron chi connectivity index (χ4n) is 7.05. The molecule has 6 heteroatoms. The Kier molecular flexibility index (Phi) is 8.38. The standard InChI is InChI=1S/C34H43N3O2S/c1-3-30-32(40-33(35-30)26-9-5-4-6-10-26)25-14-16-36(17-15-25)20-28-21-37(31(34(38)39)19-24-12-13-24)22-29(28)27-11-7-8-23(2)18-27/h4-11,18,24-25,28-29,31H,3,12-17,19-22H2,1-2H3,(H,38,39). The quantitative estimate of drug-likeness (QED) is 0.296. The van der Waals surface area contributed by atoms with Crippen molar-refractivity contribution in [1.82, 2.24) is 14.8 Å². The van der Waals surface area contributed by atoms with Crippen molar-refractivity contribution < 1.29 is 9.90 Å². The molecule has 3 aliphatic rings. The van der Waals surface area contributed by atoms with Gasteiger partial charge in [0.15, 0.2) is 0 Å². The van der Waals surface area contributed by atoms with Crippen LogP contribution in [0.3, 0.4) is 0 Å². The van der Waals surface area contributed by atoms with Crippen LogP contribution in [0.1, 0.15) is 72.6 Å². The number of thiazole rings is 1. The molecule has 1 saturated carbocycles.